The zero-order valence-electron chi connectivity index (χ0n) is 4.05. The average molecular weight is 97.9 g/mol. The lowest BCUT2D eigenvalue weighted by atomic mass is 9.98. The van der Waals surface area contributed by atoms with Gasteiger partial charge in [-0.25, -0.2) is 0 Å². The first-order valence-corrected chi connectivity index (χ1v) is 2.16. The van der Waals surface area contributed by atoms with E-state index in [-0.39, 0.29) is 18.7 Å². The summed E-state index contributed by atoms with van der Waals surface area (Å²) in [7, 11) is 4.73. The van der Waals surface area contributed by atoms with Crippen LogP contribution < -0.4 is 0 Å². The van der Waals surface area contributed by atoms with Crippen molar-refractivity contribution in [3.8, 4) is 0 Å². The monoisotopic (exact) mass is 98.1 g/mol. The van der Waals surface area contributed by atoms with Gasteiger partial charge in [0.05, 0.1) is 5.68 Å². The highest BCUT2D eigenvalue weighted by molar-refractivity contribution is 6.57. The Balaban J connectivity index is 2.82. The molecule has 0 aromatic carbocycles. The van der Waals surface area contributed by atoms with Crippen LogP contribution in [-0.2, 0) is 4.79 Å². The molecule has 3 heteroatoms. The first-order chi connectivity index (χ1) is 3.27. The second-order valence-corrected chi connectivity index (χ2v) is 1.29. The summed E-state index contributed by atoms with van der Waals surface area (Å²) in [5.41, 5.74) is -0.353. The molecule has 0 aliphatic carbocycles. The Bertz CT molecular complexity index is 62.7. The third-order valence-electron chi connectivity index (χ3n) is 0.581. The molecule has 0 saturated carbocycles. The second kappa shape index (κ2) is 3.87. The van der Waals surface area contributed by atoms with Gasteiger partial charge < -0.3 is 9.90 Å². The molecule has 7 heavy (non-hydrogen) atoms. The van der Waals surface area contributed by atoms with Crippen LogP contribution in [0.5, 0.6) is 0 Å². The van der Waals surface area contributed by atoms with Gasteiger partial charge in [0.2, 0.25) is 0 Å². The minimum absolute atomic E-state index is 0.0446. The van der Waals surface area contributed by atoms with Crippen molar-refractivity contribution in [2.75, 3.05) is 6.61 Å². The molecule has 0 bridgehead atoms. The first kappa shape index (κ1) is 6.69. The Morgan fingerprint density at radius 1 is 1.71 bits per heavy atom. The van der Waals surface area contributed by atoms with Gasteiger partial charge in [-0.3, -0.25) is 0 Å². The highest BCUT2D eigenvalue weighted by Gasteiger charge is 1.87. The molecule has 0 saturated heterocycles. The van der Waals surface area contributed by atoms with Crippen LogP contribution in [0.2, 0.25) is 0 Å². The number of carbonyl (C=O) groups is 1. The van der Waals surface area contributed by atoms with Gasteiger partial charge in [0.15, 0.2) is 7.85 Å². The van der Waals surface area contributed by atoms with E-state index in [0.717, 1.165) is 0 Å². The number of carbonyl (C=O) groups excluding carboxylic acids is 1. The number of hydrogen-bond acceptors (Lipinski definition) is 2. The zero-order chi connectivity index (χ0) is 5.70. The van der Waals surface area contributed by atoms with Crippen LogP contribution >= 0.6 is 0 Å². The number of aliphatic hydroxyl groups is 1. The van der Waals surface area contributed by atoms with Gasteiger partial charge in [0, 0.05) is 6.61 Å². The van der Waals surface area contributed by atoms with Gasteiger partial charge in [0.25, 0.3) is 0 Å². The molecule has 0 amide bonds. The Labute approximate surface area is 43.9 Å². The van der Waals surface area contributed by atoms with E-state index in [2.05, 4.69) is 0 Å². The van der Waals surface area contributed by atoms with E-state index in [0.29, 0.717) is 6.42 Å². The third-order valence-corrected chi connectivity index (χ3v) is 0.581. The standard InChI is InChI=1S/C4H7BO2/c5-4(7)2-1-3-6/h6H,1-3H2. The van der Waals surface area contributed by atoms with Crippen molar-refractivity contribution < 1.29 is 9.90 Å². The van der Waals surface area contributed by atoms with Crippen LogP contribution in [0, 0.1) is 0 Å². The highest BCUT2D eigenvalue weighted by Crippen LogP contribution is 1.83. The summed E-state index contributed by atoms with van der Waals surface area (Å²) in [4.78, 5) is 9.87. The van der Waals surface area contributed by atoms with Crippen molar-refractivity contribution in [3.63, 3.8) is 0 Å². The predicted molar refractivity (Wildman–Crippen MR) is 27.1 cm³/mol. The summed E-state index contributed by atoms with van der Waals surface area (Å²) < 4.78 is 0. The molecule has 0 atom stereocenters. The van der Waals surface area contributed by atoms with E-state index in [4.69, 9.17) is 13.0 Å². The summed E-state index contributed by atoms with van der Waals surface area (Å²) >= 11 is 0. The number of aliphatic hydroxyl groups excluding tert-OH is 1. The molecule has 0 spiro atoms. The Morgan fingerprint density at radius 2 is 2.29 bits per heavy atom. The van der Waals surface area contributed by atoms with Crippen molar-refractivity contribution in [1.29, 1.82) is 0 Å². The third kappa shape index (κ3) is 5.69. The van der Waals surface area contributed by atoms with Gasteiger partial charge in [-0.2, -0.15) is 0 Å². The Morgan fingerprint density at radius 3 is 2.43 bits per heavy atom. The minimum Gasteiger partial charge on any atom is -0.396 e. The van der Waals surface area contributed by atoms with E-state index < -0.39 is 0 Å². The molecule has 0 fully saturated rings. The van der Waals surface area contributed by atoms with Crippen LogP contribution in [0.25, 0.3) is 0 Å². The molecule has 0 aliphatic rings. The van der Waals surface area contributed by atoms with Crippen molar-refractivity contribution in [2.45, 2.75) is 12.8 Å². The lowest BCUT2D eigenvalue weighted by Crippen LogP contribution is -1.96. The van der Waals surface area contributed by atoms with Crippen molar-refractivity contribution in [3.05, 3.63) is 0 Å². The van der Waals surface area contributed by atoms with E-state index in [1.54, 1.807) is 0 Å². The molecular weight excluding hydrogens is 90.9 g/mol. The summed E-state index contributed by atoms with van der Waals surface area (Å²) in [5.74, 6) is 0. The fourth-order valence-corrected chi connectivity index (χ4v) is 0.253. The van der Waals surface area contributed by atoms with Crippen LogP contribution in [0.3, 0.4) is 0 Å². The fourth-order valence-electron chi connectivity index (χ4n) is 0.253. The topological polar surface area (TPSA) is 37.3 Å². The normalized spacial score (nSPS) is 8.71. The fraction of sp³-hybridized carbons (Fsp3) is 0.750. The van der Waals surface area contributed by atoms with Gasteiger partial charge in [0.1, 0.15) is 0 Å². The molecule has 0 heterocycles. The van der Waals surface area contributed by atoms with E-state index in [1.807, 2.05) is 0 Å². The molecule has 0 aromatic heterocycles. The Kier molecular flexibility index (Phi) is 3.70. The van der Waals surface area contributed by atoms with E-state index >= 15 is 0 Å². The SMILES string of the molecule is [B]C(=O)CCCO. The van der Waals surface area contributed by atoms with Crippen LogP contribution in [0.4, 0.5) is 0 Å². The van der Waals surface area contributed by atoms with Crippen molar-refractivity contribution in [1.82, 2.24) is 0 Å². The number of rotatable bonds is 3. The van der Waals surface area contributed by atoms with Crippen molar-refractivity contribution >= 4 is 13.5 Å². The van der Waals surface area contributed by atoms with E-state index in [9.17, 15) is 4.79 Å². The summed E-state index contributed by atoms with van der Waals surface area (Å²) in [6.07, 6.45) is 0.770. The van der Waals surface area contributed by atoms with Gasteiger partial charge >= 0.3 is 0 Å². The maximum Gasteiger partial charge on any atom is 0.167 e. The van der Waals surface area contributed by atoms with Gasteiger partial charge in [-0.1, -0.05) is 0 Å². The number of hydrogen-bond donors (Lipinski definition) is 1. The Hall–Kier alpha value is -0.305. The van der Waals surface area contributed by atoms with Crippen molar-refractivity contribution in [2.24, 2.45) is 0 Å². The van der Waals surface area contributed by atoms with Gasteiger partial charge in [-0.15, -0.1) is 0 Å². The first-order valence-electron chi connectivity index (χ1n) is 2.16. The maximum absolute atomic E-state index is 9.87. The zero-order valence-corrected chi connectivity index (χ0v) is 4.05. The summed E-state index contributed by atoms with van der Waals surface area (Å²) in [6, 6.07) is 0. The lowest BCUT2D eigenvalue weighted by molar-refractivity contribution is -0.112. The molecule has 0 unspecified atom stereocenters. The molecule has 0 aliphatic heterocycles. The average Bonchev–Trinajstić information content (AvgIpc) is 1.61. The van der Waals surface area contributed by atoms with Gasteiger partial charge in [-0.05, 0) is 12.8 Å². The van der Waals surface area contributed by atoms with E-state index in [1.165, 1.54) is 0 Å². The predicted octanol–water partition coefficient (Wildman–Crippen LogP) is -0.546. The van der Waals surface area contributed by atoms with Crippen LogP contribution in [0.15, 0.2) is 0 Å². The molecule has 0 aromatic rings. The minimum atomic E-state index is -0.353. The molecule has 2 nitrogen and oxygen atoms in total. The van der Waals surface area contributed by atoms with Crippen LogP contribution in [0.1, 0.15) is 12.8 Å². The quantitative estimate of drug-likeness (QED) is 0.481. The summed E-state index contributed by atoms with van der Waals surface area (Å²) in [5, 5.41) is 8.11. The molecule has 1 N–H and O–H groups in total. The molecule has 0 rings (SSSR count). The summed E-state index contributed by atoms with van der Waals surface area (Å²) in [6.45, 7) is 0.0446. The highest BCUT2D eigenvalue weighted by atomic mass is 16.3. The molecule has 38 valence electrons. The second-order valence-electron chi connectivity index (χ2n) is 1.29. The largest absolute Gasteiger partial charge is 0.396 e. The molecule has 2 radical (unpaired) electrons. The maximum atomic E-state index is 9.87. The van der Waals surface area contributed by atoms with Crippen LogP contribution in [-0.4, -0.2) is 25.2 Å². The smallest absolute Gasteiger partial charge is 0.167 e. The molecular formula is C4H7BO2. The lowest BCUT2D eigenvalue weighted by Gasteiger charge is -1.86.